The molecule has 0 spiro atoms. The number of pyridine rings is 2. The van der Waals surface area contributed by atoms with E-state index in [0.29, 0.717) is 47.3 Å². The number of hydrogen-bond acceptors (Lipinski definition) is 7. The Morgan fingerprint density at radius 1 is 1.03 bits per heavy atom. The van der Waals surface area contributed by atoms with Crippen molar-refractivity contribution in [2.24, 2.45) is 0 Å². The molecule has 0 saturated carbocycles. The van der Waals surface area contributed by atoms with Crippen LogP contribution in [-0.4, -0.2) is 49.3 Å². The maximum Gasteiger partial charge on any atom is 0.295 e. The molecule has 1 aliphatic rings. The van der Waals surface area contributed by atoms with Gasteiger partial charge in [-0.05, 0) is 62.2 Å². The second-order valence-electron chi connectivity index (χ2n) is 8.84. The Morgan fingerprint density at radius 3 is 2.55 bits per heavy atom. The van der Waals surface area contributed by atoms with E-state index >= 15 is 0 Å². The van der Waals surface area contributed by atoms with Crippen LogP contribution in [0.2, 0.25) is 0 Å². The molecule has 9 heteroatoms. The van der Waals surface area contributed by atoms with Crippen LogP contribution in [0.1, 0.15) is 42.4 Å². The molecule has 4 heterocycles. The van der Waals surface area contributed by atoms with E-state index in [2.05, 4.69) is 9.97 Å². The summed E-state index contributed by atoms with van der Waals surface area (Å²) < 4.78 is 13.2. The predicted molar refractivity (Wildman–Crippen MR) is 141 cm³/mol. The van der Waals surface area contributed by atoms with Crippen LogP contribution in [0, 0.1) is 6.92 Å². The molecular weight excluding hydrogens is 484 g/mol. The van der Waals surface area contributed by atoms with E-state index in [-0.39, 0.29) is 17.9 Å². The zero-order chi connectivity index (χ0) is 26.8. The van der Waals surface area contributed by atoms with Gasteiger partial charge in [-0.25, -0.2) is 4.98 Å². The average molecular weight is 513 g/mol. The summed E-state index contributed by atoms with van der Waals surface area (Å²) in [6.07, 6.45) is 5.05. The Balaban J connectivity index is 1.72. The number of rotatable bonds is 8. The third kappa shape index (κ3) is 4.36. The quantitative estimate of drug-likeness (QED) is 0.211. The summed E-state index contributed by atoms with van der Waals surface area (Å²) in [4.78, 5) is 37.1. The molecule has 0 radical (unpaired) electrons. The number of aromatic nitrogens is 3. The Morgan fingerprint density at radius 2 is 1.82 bits per heavy atom. The number of ether oxygens (including phenoxy) is 2. The lowest BCUT2D eigenvalue weighted by Gasteiger charge is -2.26. The summed E-state index contributed by atoms with van der Waals surface area (Å²) in [5.41, 5.74) is 2.86. The zero-order valence-electron chi connectivity index (χ0n) is 21.4. The molecule has 1 fully saturated rings. The molecule has 1 amide bonds. The molecule has 1 aliphatic heterocycles. The highest BCUT2D eigenvalue weighted by molar-refractivity contribution is 6.46. The number of ketones is 1. The Labute approximate surface area is 220 Å². The van der Waals surface area contributed by atoms with Crippen molar-refractivity contribution in [3.05, 3.63) is 95.2 Å². The number of amides is 1. The van der Waals surface area contributed by atoms with E-state index in [0.717, 1.165) is 5.56 Å². The smallest absolute Gasteiger partial charge is 0.295 e. The van der Waals surface area contributed by atoms with Crippen molar-refractivity contribution < 1.29 is 24.2 Å². The molecule has 1 N–H and O–H groups in total. The molecule has 0 aliphatic carbocycles. The van der Waals surface area contributed by atoms with Gasteiger partial charge in [0, 0.05) is 25.1 Å². The number of likely N-dealkylation sites (tertiary alicyclic amines) is 1. The number of carbonyl (C=O) groups excluding carboxylic acids is 2. The number of Topliss-reactive ketones (excluding diaryl/α,β-unsaturated/α-hetero) is 1. The number of aliphatic hydroxyl groups excluding tert-OH is 1. The highest BCUT2D eigenvalue weighted by Gasteiger charge is 2.47. The third-order valence-corrected chi connectivity index (χ3v) is 6.43. The lowest BCUT2D eigenvalue weighted by molar-refractivity contribution is -0.140. The lowest BCUT2D eigenvalue weighted by Crippen LogP contribution is -2.29. The monoisotopic (exact) mass is 512 g/mol. The third-order valence-electron chi connectivity index (χ3n) is 6.43. The van der Waals surface area contributed by atoms with Crippen molar-refractivity contribution in [3.8, 4) is 11.5 Å². The van der Waals surface area contributed by atoms with Crippen molar-refractivity contribution in [2.45, 2.75) is 33.4 Å². The fourth-order valence-corrected chi connectivity index (χ4v) is 4.84. The van der Waals surface area contributed by atoms with Crippen LogP contribution in [-0.2, 0) is 16.1 Å². The van der Waals surface area contributed by atoms with Gasteiger partial charge in [-0.15, -0.1) is 0 Å². The number of fused-ring (bicyclic) bond motifs is 1. The van der Waals surface area contributed by atoms with Gasteiger partial charge < -0.3 is 19.5 Å². The molecule has 194 valence electrons. The van der Waals surface area contributed by atoms with E-state index in [4.69, 9.17) is 9.47 Å². The first-order chi connectivity index (χ1) is 18.4. The van der Waals surface area contributed by atoms with Crippen LogP contribution in [0.15, 0.2) is 72.7 Å². The van der Waals surface area contributed by atoms with E-state index in [9.17, 15) is 14.7 Å². The fraction of sp³-hybridized carbons (Fsp3) is 0.241. The van der Waals surface area contributed by atoms with Gasteiger partial charge in [0.25, 0.3) is 11.7 Å². The van der Waals surface area contributed by atoms with Gasteiger partial charge in [0.2, 0.25) is 0 Å². The van der Waals surface area contributed by atoms with E-state index in [1.54, 1.807) is 54.2 Å². The molecule has 9 nitrogen and oxygen atoms in total. The molecule has 1 unspecified atom stereocenters. The maximum atomic E-state index is 13.5. The summed E-state index contributed by atoms with van der Waals surface area (Å²) in [6.45, 7) is 6.48. The molecule has 1 atom stereocenters. The number of hydrogen-bond donors (Lipinski definition) is 1. The van der Waals surface area contributed by atoms with Gasteiger partial charge in [-0.3, -0.25) is 19.0 Å². The average Bonchev–Trinajstić information content (AvgIpc) is 3.38. The summed E-state index contributed by atoms with van der Waals surface area (Å²) in [5, 5.41) is 11.7. The van der Waals surface area contributed by atoms with E-state index in [1.165, 1.54) is 4.90 Å². The van der Waals surface area contributed by atoms with Crippen LogP contribution < -0.4 is 9.47 Å². The summed E-state index contributed by atoms with van der Waals surface area (Å²) in [7, 11) is 0. The van der Waals surface area contributed by atoms with Gasteiger partial charge in [0.1, 0.15) is 11.3 Å². The highest BCUT2D eigenvalue weighted by atomic mass is 16.5. The van der Waals surface area contributed by atoms with Crippen molar-refractivity contribution in [3.63, 3.8) is 0 Å². The van der Waals surface area contributed by atoms with Gasteiger partial charge >= 0.3 is 0 Å². The maximum absolute atomic E-state index is 13.5. The number of nitrogens with zero attached hydrogens (tertiary/aromatic N) is 4. The van der Waals surface area contributed by atoms with Crippen molar-refractivity contribution in [1.29, 1.82) is 0 Å². The van der Waals surface area contributed by atoms with Crippen LogP contribution in [0.25, 0.3) is 11.4 Å². The molecule has 38 heavy (non-hydrogen) atoms. The van der Waals surface area contributed by atoms with Crippen molar-refractivity contribution >= 4 is 23.1 Å². The zero-order valence-corrected chi connectivity index (χ0v) is 21.4. The number of aliphatic hydroxyl groups is 1. The van der Waals surface area contributed by atoms with Crippen LogP contribution in [0.3, 0.4) is 0 Å². The summed E-state index contributed by atoms with van der Waals surface area (Å²) in [6, 6.07) is 13.5. The van der Waals surface area contributed by atoms with E-state index < -0.39 is 17.7 Å². The van der Waals surface area contributed by atoms with Crippen LogP contribution in [0.5, 0.6) is 11.5 Å². The Bertz CT molecular complexity index is 1540. The highest BCUT2D eigenvalue weighted by Crippen LogP contribution is 2.43. The number of aryl methyl sites for hydroxylation is 1. The van der Waals surface area contributed by atoms with Crippen molar-refractivity contribution in [2.75, 3.05) is 13.2 Å². The number of carbonyl (C=O) groups is 2. The summed E-state index contributed by atoms with van der Waals surface area (Å²) in [5.74, 6) is -0.720. The molecule has 4 aromatic rings. The molecule has 5 rings (SSSR count). The minimum Gasteiger partial charge on any atom is -0.505 e. The van der Waals surface area contributed by atoms with Crippen LogP contribution >= 0.6 is 0 Å². The van der Waals surface area contributed by atoms with E-state index in [1.807, 2.05) is 38.1 Å². The summed E-state index contributed by atoms with van der Waals surface area (Å²) >= 11 is 0. The predicted octanol–water partition coefficient (Wildman–Crippen LogP) is 4.46. The minimum absolute atomic E-state index is 0.0146. The standard InChI is InChI=1S/C29H28N4O5/c1-4-37-21-12-11-20(15-22(21)38-5-2)26-24(27(34)25-18(3)31-23-10-6-7-14-32(23)25)28(35)29(36)33(26)17-19-9-8-13-30-16-19/h6-16,26,34H,4-5,17H2,1-3H3/b27-24+. The molecular formula is C29H28N4O5. The minimum atomic E-state index is -0.876. The first-order valence-electron chi connectivity index (χ1n) is 12.5. The molecule has 1 aromatic carbocycles. The molecule has 1 saturated heterocycles. The van der Waals surface area contributed by atoms with Gasteiger partial charge in [-0.1, -0.05) is 18.2 Å². The first kappa shape index (κ1) is 25.0. The Hall–Kier alpha value is -4.66. The molecule has 3 aromatic heterocycles. The largest absolute Gasteiger partial charge is 0.505 e. The normalized spacial score (nSPS) is 16.8. The number of benzene rings is 1. The van der Waals surface area contributed by atoms with Crippen molar-refractivity contribution in [1.82, 2.24) is 19.3 Å². The Kier molecular flexibility index (Phi) is 6.83. The van der Waals surface area contributed by atoms with Gasteiger partial charge in [0.05, 0.1) is 30.5 Å². The SMILES string of the molecule is CCOc1ccc(C2/C(=C(\O)c3c(C)nc4ccccn34)C(=O)C(=O)N2Cc2cccnc2)cc1OCC. The second kappa shape index (κ2) is 10.4. The molecule has 0 bridgehead atoms. The van der Waals surface area contributed by atoms with Gasteiger partial charge in [0.15, 0.2) is 17.3 Å². The first-order valence-corrected chi connectivity index (χ1v) is 12.5. The number of imidazole rings is 1. The van der Waals surface area contributed by atoms with Crippen LogP contribution in [0.4, 0.5) is 0 Å². The second-order valence-corrected chi connectivity index (χ2v) is 8.84. The lowest BCUT2D eigenvalue weighted by atomic mass is 9.95. The van der Waals surface area contributed by atoms with Gasteiger partial charge in [-0.2, -0.15) is 0 Å². The topological polar surface area (TPSA) is 106 Å². The fourth-order valence-electron chi connectivity index (χ4n) is 4.84.